The van der Waals surface area contributed by atoms with E-state index in [4.69, 9.17) is 0 Å². The first kappa shape index (κ1) is 13.0. The van der Waals surface area contributed by atoms with Gasteiger partial charge in [-0.05, 0) is 31.7 Å². The summed E-state index contributed by atoms with van der Waals surface area (Å²) >= 11 is 0. The molecule has 0 aromatic heterocycles. The maximum atomic E-state index is 13.1. The fourth-order valence-corrected chi connectivity index (χ4v) is 2.43. The lowest BCUT2D eigenvalue weighted by Crippen LogP contribution is -2.53. The number of carbonyl (C=O) groups is 1. The standard InChI is InChI=1S/C14H19FN2O/c1-11-10-16(2)6-7-17(11)14(18)9-12-4-3-5-13(15)8-12/h3-5,8,11H,6-7,9-10H2,1-2H3. The molecule has 1 aromatic rings. The molecule has 1 saturated heterocycles. The molecule has 1 heterocycles. The molecule has 1 atom stereocenters. The molecule has 18 heavy (non-hydrogen) atoms. The number of likely N-dealkylation sites (N-methyl/N-ethyl adjacent to an activating group) is 1. The lowest BCUT2D eigenvalue weighted by molar-refractivity contribution is -0.134. The van der Waals surface area contributed by atoms with Gasteiger partial charge < -0.3 is 9.80 Å². The molecular formula is C14H19FN2O. The molecule has 0 saturated carbocycles. The predicted molar refractivity (Wildman–Crippen MR) is 68.8 cm³/mol. The summed E-state index contributed by atoms with van der Waals surface area (Å²) in [5.41, 5.74) is 0.742. The summed E-state index contributed by atoms with van der Waals surface area (Å²) in [4.78, 5) is 16.3. The number of rotatable bonds is 2. The Bertz CT molecular complexity index is 436. The fraction of sp³-hybridized carbons (Fsp3) is 0.500. The first-order valence-corrected chi connectivity index (χ1v) is 6.28. The van der Waals surface area contributed by atoms with Crippen LogP contribution in [0.3, 0.4) is 0 Å². The first-order valence-electron chi connectivity index (χ1n) is 6.28. The van der Waals surface area contributed by atoms with E-state index in [-0.39, 0.29) is 24.2 Å². The number of hydrogen-bond acceptors (Lipinski definition) is 2. The molecule has 2 rings (SSSR count). The number of hydrogen-bond donors (Lipinski definition) is 0. The molecule has 1 amide bonds. The van der Waals surface area contributed by atoms with Crippen LogP contribution in [0.25, 0.3) is 0 Å². The van der Waals surface area contributed by atoms with Crippen molar-refractivity contribution in [1.29, 1.82) is 0 Å². The van der Waals surface area contributed by atoms with Gasteiger partial charge in [0.15, 0.2) is 0 Å². The third kappa shape index (κ3) is 3.07. The summed E-state index contributed by atoms with van der Waals surface area (Å²) in [5.74, 6) is -0.201. The number of carbonyl (C=O) groups excluding carboxylic acids is 1. The van der Waals surface area contributed by atoms with Gasteiger partial charge in [-0.25, -0.2) is 4.39 Å². The van der Waals surface area contributed by atoms with Crippen LogP contribution in [0.4, 0.5) is 4.39 Å². The Morgan fingerprint density at radius 1 is 1.44 bits per heavy atom. The quantitative estimate of drug-likeness (QED) is 0.794. The molecule has 1 unspecified atom stereocenters. The molecule has 1 aliphatic rings. The third-order valence-electron chi connectivity index (χ3n) is 3.40. The molecule has 0 N–H and O–H groups in total. The smallest absolute Gasteiger partial charge is 0.227 e. The summed E-state index contributed by atoms with van der Waals surface area (Å²) in [6, 6.07) is 6.49. The molecule has 1 aliphatic heterocycles. The maximum absolute atomic E-state index is 13.1. The molecule has 3 nitrogen and oxygen atoms in total. The summed E-state index contributed by atoms with van der Waals surface area (Å²) in [7, 11) is 2.06. The first-order chi connectivity index (χ1) is 8.56. The van der Waals surface area contributed by atoms with Crippen molar-refractivity contribution in [2.24, 2.45) is 0 Å². The highest BCUT2D eigenvalue weighted by Crippen LogP contribution is 2.12. The van der Waals surface area contributed by atoms with E-state index in [1.165, 1.54) is 12.1 Å². The van der Waals surface area contributed by atoms with Crippen molar-refractivity contribution >= 4 is 5.91 Å². The van der Waals surface area contributed by atoms with Crippen molar-refractivity contribution in [1.82, 2.24) is 9.80 Å². The molecule has 0 aliphatic carbocycles. The largest absolute Gasteiger partial charge is 0.337 e. The topological polar surface area (TPSA) is 23.6 Å². The van der Waals surface area contributed by atoms with Crippen LogP contribution < -0.4 is 0 Å². The molecule has 1 aromatic carbocycles. The average molecular weight is 250 g/mol. The Morgan fingerprint density at radius 2 is 2.22 bits per heavy atom. The van der Waals surface area contributed by atoms with Gasteiger partial charge in [0.25, 0.3) is 0 Å². The highest BCUT2D eigenvalue weighted by Gasteiger charge is 2.25. The number of halogens is 1. The van der Waals surface area contributed by atoms with Crippen molar-refractivity contribution in [2.45, 2.75) is 19.4 Å². The highest BCUT2D eigenvalue weighted by atomic mass is 19.1. The van der Waals surface area contributed by atoms with Crippen LogP contribution in [0.1, 0.15) is 12.5 Å². The van der Waals surface area contributed by atoms with E-state index in [1.807, 2.05) is 4.90 Å². The van der Waals surface area contributed by atoms with Crippen molar-refractivity contribution in [3.8, 4) is 0 Å². The second-order valence-electron chi connectivity index (χ2n) is 5.01. The maximum Gasteiger partial charge on any atom is 0.227 e. The van der Waals surface area contributed by atoms with Crippen LogP contribution in [-0.4, -0.2) is 48.4 Å². The molecule has 4 heteroatoms. The van der Waals surface area contributed by atoms with Gasteiger partial charge in [-0.2, -0.15) is 0 Å². The van der Waals surface area contributed by atoms with E-state index < -0.39 is 0 Å². The monoisotopic (exact) mass is 250 g/mol. The van der Waals surface area contributed by atoms with E-state index in [0.717, 1.165) is 25.2 Å². The number of amides is 1. The Morgan fingerprint density at radius 3 is 2.89 bits per heavy atom. The van der Waals surface area contributed by atoms with Crippen molar-refractivity contribution in [3.05, 3.63) is 35.6 Å². The third-order valence-corrected chi connectivity index (χ3v) is 3.40. The van der Waals surface area contributed by atoms with E-state index in [9.17, 15) is 9.18 Å². The van der Waals surface area contributed by atoms with Crippen LogP contribution in [0, 0.1) is 5.82 Å². The lowest BCUT2D eigenvalue weighted by Gasteiger charge is -2.38. The summed E-state index contributed by atoms with van der Waals surface area (Å²) in [5, 5.41) is 0. The van der Waals surface area contributed by atoms with Crippen LogP contribution in [0.2, 0.25) is 0 Å². The fourth-order valence-electron chi connectivity index (χ4n) is 2.43. The molecule has 1 fully saturated rings. The number of nitrogens with zero attached hydrogens (tertiary/aromatic N) is 2. The van der Waals surface area contributed by atoms with Crippen molar-refractivity contribution < 1.29 is 9.18 Å². The molecule has 0 radical (unpaired) electrons. The zero-order valence-electron chi connectivity index (χ0n) is 10.9. The van der Waals surface area contributed by atoms with Crippen LogP contribution >= 0.6 is 0 Å². The Kier molecular flexibility index (Phi) is 3.97. The van der Waals surface area contributed by atoms with Gasteiger partial charge in [-0.3, -0.25) is 4.79 Å². The highest BCUT2D eigenvalue weighted by molar-refractivity contribution is 5.79. The van der Waals surface area contributed by atoms with Gasteiger partial charge in [-0.1, -0.05) is 12.1 Å². The predicted octanol–water partition coefficient (Wildman–Crippen LogP) is 1.53. The van der Waals surface area contributed by atoms with Crippen LogP contribution in [0.5, 0.6) is 0 Å². The van der Waals surface area contributed by atoms with E-state index >= 15 is 0 Å². The van der Waals surface area contributed by atoms with Gasteiger partial charge in [-0.15, -0.1) is 0 Å². The SMILES string of the molecule is CC1CN(C)CCN1C(=O)Cc1cccc(F)c1. The van der Waals surface area contributed by atoms with E-state index in [0.29, 0.717) is 0 Å². The van der Waals surface area contributed by atoms with Gasteiger partial charge in [0.1, 0.15) is 5.82 Å². The van der Waals surface area contributed by atoms with Crippen molar-refractivity contribution in [2.75, 3.05) is 26.7 Å². The van der Waals surface area contributed by atoms with Gasteiger partial charge >= 0.3 is 0 Å². The van der Waals surface area contributed by atoms with Crippen LogP contribution in [-0.2, 0) is 11.2 Å². The molecule has 0 spiro atoms. The van der Waals surface area contributed by atoms with Gasteiger partial charge in [0.05, 0.1) is 6.42 Å². The summed E-state index contributed by atoms with van der Waals surface area (Å²) in [6.45, 7) is 4.61. The van der Waals surface area contributed by atoms with Gasteiger partial charge in [0.2, 0.25) is 5.91 Å². The summed E-state index contributed by atoms with van der Waals surface area (Å²) in [6.07, 6.45) is 0.284. The second-order valence-corrected chi connectivity index (χ2v) is 5.01. The number of piperazine rings is 1. The van der Waals surface area contributed by atoms with E-state index in [2.05, 4.69) is 18.9 Å². The van der Waals surface area contributed by atoms with Gasteiger partial charge in [0, 0.05) is 25.7 Å². The Labute approximate surface area is 107 Å². The molecular weight excluding hydrogens is 231 g/mol. The minimum Gasteiger partial charge on any atom is -0.337 e. The lowest BCUT2D eigenvalue weighted by atomic mass is 10.1. The number of benzene rings is 1. The molecule has 0 bridgehead atoms. The van der Waals surface area contributed by atoms with E-state index in [1.54, 1.807) is 12.1 Å². The Balaban J connectivity index is 1.99. The zero-order chi connectivity index (χ0) is 13.1. The summed E-state index contributed by atoms with van der Waals surface area (Å²) < 4.78 is 13.1. The Hall–Kier alpha value is -1.42. The zero-order valence-corrected chi connectivity index (χ0v) is 10.9. The van der Waals surface area contributed by atoms with Crippen molar-refractivity contribution in [3.63, 3.8) is 0 Å². The molecule has 98 valence electrons. The minimum atomic E-state index is -0.285. The minimum absolute atomic E-state index is 0.0844. The normalized spacial score (nSPS) is 21.1. The van der Waals surface area contributed by atoms with Crippen LogP contribution in [0.15, 0.2) is 24.3 Å². The average Bonchev–Trinajstić information content (AvgIpc) is 2.28. The second kappa shape index (κ2) is 5.48.